The Morgan fingerprint density at radius 1 is 1.53 bits per heavy atom. The van der Waals surface area contributed by atoms with Gasteiger partial charge in [0.05, 0.1) is 6.61 Å². The Kier molecular flexibility index (Phi) is 3.73. The Hall–Kier alpha value is -0.610. The van der Waals surface area contributed by atoms with Crippen LogP contribution in [0.5, 0.6) is 0 Å². The molecule has 0 aliphatic carbocycles. The molecule has 1 rings (SSSR count). The van der Waals surface area contributed by atoms with E-state index in [1.54, 1.807) is 0 Å². The highest BCUT2D eigenvalue weighted by Crippen LogP contribution is 2.21. The van der Waals surface area contributed by atoms with Crippen molar-refractivity contribution in [1.29, 1.82) is 0 Å². The first-order valence-electron chi connectivity index (χ1n) is 5.39. The van der Waals surface area contributed by atoms with Crippen LogP contribution in [0.2, 0.25) is 0 Å². The van der Waals surface area contributed by atoms with Crippen molar-refractivity contribution in [3.63, 3.8) is 0 Å². The molecule has 1 saturated heterocycles. The molecule has 0 amide bonds. The number of hydrogen-bond acceptors (Lipinski definition) is 4. The van der Waals surface area contributed by atoms with E-state index in [2.05, 4.69) is 0 Å². The molecule has 2 N–H and O–H groups in total. The minimum Gasteiger partial charge on any atom is -0.460 e. The topological polar surface area (TPSA) is 61.5 Å². The average molecular weight is 215 g/mol. The zero-order valence-corrected chi connectivity index (χ0v) is 9.84. The third-order valence-corrected chi connectivity index (χ3v) is 2.38. The zero-order valence-electron chi connectivity index (χ0n) is 9.84. The fraction of sp³-hybridized carbons (Fsp3) is 0.909. The van der Waals surface area contributed by atoms with Gasteiger partial charge in [-0.3, -0.25) is 4.79 Å². The molecule has 4 nitrogen and oxygen atoms in total. The molecule has 88 valence electrons. The number of ether oxygens (including phenoxy) is 2. The van der Waals surface area contributed by atoms with Crippen molar-refractivity contribution in [1.82, 2.24) is 0 Å². The number of rotatable bonds is 3. The van der Waals surface area contributed by atoms with Crippen molar-refractivity contribution in [2.24, 2.45) is 5.73 Å². The maximum Gasteiger partial charge on any atom is 0.306 e. The molecule has 15 heavy (non-hydrogen) atoms. The van der Waals surface area contributed by atoms with Crippen LogP contribution in [0.25, 0.3) is 0 Å². The monoisotopic (exact) mass is 215 g/mol. The van der Waals surface area contributed by atoms with Crippen molar-refractivity contribution < 1.29 is 14.3 Å². The highest BCUT2D eigenvalue weighted by molar-refractivity contribution is 5.69. The van der Waals surface area contributed by atoms with Gasteiger partial charge in [-0.25, -0.2) is 0 Å². The van der Waals surface area contributed by atoms with Crippen molar-refractivity contribution in [2.75, 3.05) is 13.2 Å². The molecule has 1 aliphatic heterocycles. The normalized spacial score (nSPS) is 26.7. The maximum atomic E-state index is 11.4. The highest BCUT2D eigenvalue weighted by Gasteiger charge is 2.31. The molecule has 0 bridgehead atoms. The minimum atomic E-state index is -0.412. The summed E-state index contributed by atoms with van der Waals surface area (Å²) < 4.78 is 10.4. The fourth-order valence-electron chi connectivity index (χ4n) is 1.56. The molecule has 1 unspecified atom stereocenters. The highest BCUT2D eigenvalue weighted by atomic mass is 16.6. The van der Waals surface area contributed by atoms with E-state index in [1.165, 1.54) is 0 Å². The molecule has 1 aliphatic rings. The zero-order chi connectivity index (χ0) is 11.5. The van der Waals surface area contributed by atoms with Gasteiger partial charge in [-0.2, -0.15) is 0 Å². The van der Waals surface area contributed by atoms with E-state index in [0.717, 1.165) is 6.42 Å². The second-order valence-corrected chi connectivity index (χ2v) is 5.25. The van der Waals surface area contributed by atoms with Crippen LogP contribution in [0.4, 0.5) is 0 Å². The van der Waals surface area contributed by atoms with Crippen LogP contribution in [0.1, 0.15) is 40.0 Å². The first-order valence-corrected chi connectivity index (χ1v) is 5.39. The molecule has 1 atom stereocenters. The minimum absolute atomic E-state index is 0.181. The second kappa shape index (κ2) is 4.49. The summed E-state index contributed by atoms with van der Waals surface area (Å²) in [6, 6.07) is 0. The van der Waals surface area contributed by atoms with Gasteiger partial charge in [0.15, 0.2) is 0 Å². The molecule has 4 heteroatoms. The largest absolute Gasteiger partial charge is 0.460 e. The Labute approximate surface area is 91.1 Å². The fourth-order valence-corrected chi connectivity index (χ4v) is 1.56. The van der Waals surface area contributed by atoms with Crippen LogP contribution in [0.15, 0.2) is 0 Å². The van der Waals surface area contributed by atoms with Gasteiger partial charge in [-0.1, -0.05) is 0 Å². The van der Waals surface area contributed by atoms with Gasteiger partial charge in [0, 0.05) is 18.6 Å². The summed E-state index contributed by atoms with van der Waals surface area (Å²) >= 11 is 0. The quantitative estimate of drug-likeness (QED) is 0.719. The summed E-state index contributed by atoms with van der Waals surface area (Å²) in [5, 5.41) is 0. The first-order chi connectivity index (χ1) is 6.81. The summed E-state index contributed by atoms with van der Waals surface area (Å²) in [4.78, 5) is 11.4. The Morgan fingerprint density at radius 2 is 2.20 bits per heavy atom. The maximum absolute atomic E-state index is 11.4. The lowest BCUT2D eigenvalue weighted by Crippen LogP contribution is -2.41. The van der Waals surface area contributed by atoms with Gasteiger partial charge in [0.25, 0.3) is 0 Å². The Bertz CT molecular complexity index is 226. The standard InChI is InChI=1S/C11H21NO3/c1-10(2,3)15-9(13)4-5-11(12)6-7-14-8-11/h4-8,12H2,1-3H3. The molecule has 0 aromatic rings. The summed E-state index contributed by atoms with van der Waals surface area (Å²) in [6.07, 6.45) is 1.84. The molecule has 0 spiro atoms. The lowest BCUT2D eigenvalue weighted by molar-refractivity contribution is -0.155. The summed E-state index contributed by atoms with van der Waals surface area (Å²) in [7, 11) is 0. The van der Waals surface area contributed by atoms with Gasteiger partial charge in [-0.15, -0.1) is 0 Å². The Morgan fingerprint density at radius 3 is 2.67 bits per heavy atom. The first kappa shape index (κ1) is 12.5. The number of hydrogen-bond donors (Lipinski definition) is 1. The molecule has 0 radical (unpaired) electrons. The summed E-state index contributed by atoms with van der Waals surface area (Å²) in [6.45, 7) is 6.84. The van der Waals surface area contributed by atoms with E-state index in [9.17, 15) is 4.79 Å². The third kappa shape index (κ3) is 4.62. The van der Waals surface area contributed by atoms with E-state index >= 15 is 0 Å². The molecule has 0 saturated carbocycles. The van der Waals surface area contributed by atoms with Gasteiger partial charge in [-0.05, 0) is 33.6 Å². The predicted octanol–water partition coefficient (Wildman–Crippen LogP) is 1.23. The van der Waals surface area contributed by atoms with Gasteiger partial charge < -0.3 is 15.2 Å². The predicted molar refractivity (Wildman–Crippen MR) is 57.4 cm³/mol. The Balaban J connectivity index is 2.28. The van der Waals surface area contributed by atoms with E-state index in [-0.39, 0.29) is 11.5 Å². The van der Waals surface area contributed by atoms with E-state index in [1.807, 2.05) is 20.8 Å². The van der Waals surface area contributed by atoms with Crippen LogP contribution in [0.3, 0.4) is 0 Å². The number of nitrogens with two attached hydrogens (primary N) is 1. The van der Waals surface area contributed by atoms with E-state index < -0.39 is 5.60 Å². The van der Waals surface area contributed by atoms with Crippen LogP contribution >= 0.6 is 0 Å². The van der Waals surface area contributed by atoms with Crippen molar-refractivity contribution in [2.45, 2.75) is 51.2 Å². The molecule has 1 heterocycles. The summed E-state index contributed by atoms with van der Waals surface area (Å²) in [5.74, 6) is -0.181. The molecular formula is C11H21NO3. The third-order valence-electron chi connectivity index (χ3n) is 2.38. The van der Waals surface area contributed by atoms with E-state index in [4.69, 9.17) is 15.2 Å². The van der Waals surface area contributed by atoms with Crippen molar-refractivity contribution >= 4 is 5.97 Å². The number of carbonyl (C=O) groups is 1. The van der Waals surface area contributed by atoms with Crippen molar-refractivity contribution in [3.8, 4) is 0 Å². The van der Waals surface area contributed by atoms with Crippen LogP contribution in [-0.2, 0) is 14.3 Å². The molecular weight excluding hydrogens is 194 g/mol. The average Bonchev–Trinajstić information content (AvgIpc) is 2.47. The van der Waals surface area contributed by atoms with Crippen molar-refractivity contribution in [3.05, 3.63) is 0 Å². The van der Waals surface area contributed by atoms with Gasteiger partial charge >= 0.3 is 5.97 Å². The van der Waals surface area contributed by atoms with Crippen LogP contribution in [-0.4, -0.2) is 30.3 Å². The number of carbonyl (C=O) groups excluding carboxylic acids is 1. The van der Waals surface area contributed by atoms with Crippen LogP contribution in [0, 0.1) is 0 Å². The molecule has 0 aromatic heterocycles. The lowest BCUT2D eigenvalue weighted by atomic mass is 9.94. The van der Waals surface area contributed by atoms with E-state index in [0.29, 0.717) is 26.1 Å². The van der Waals surface area contributed by atoms with Gasteiger partial charge in [0.2, 0.25) is 0 Å². The molecule has 0 aromatic carbocycles. The number of esters is 1. The van der Waals surface area contributed by atoms with Crippen LogP contribution < -0.4 is 5.73 Å². The van der Waals surface area contributed by atoms with Gasteiger partial charge in [0.1, 0.15) is 5.60 Å². The smallest absolute Gasteiger partial charge is 0.306 e. The molecule has 1 fully saturated rings. The SMILES string of the molecule is CC(C)(C)OC(=O)CCC1(N)CCOC1. The lowest BCUT2D eigenvalue weighted by Gasteiger charge is -2.23. The second-order valence-electron chi connectivity index (χ2n) is 5.25. The summed E-state index contributed by atoms with van der Waals surface area (Å²) in [5.41, 5.74) is 5.30.